The SMILES string of the molecule is CC(C)Cc1nsc(N2CCCCC2c2cn[nH]c2)n1. The number of nitrogens with zero attached hydrogens (tertiary/aromatic N) is 4. The number of H-pyrrole nitrogens is 1. The third-order valence-electron chi connectivity index (χ3n) is 3.70. The van der Waals surface area contributed by atoms with Crippen molar-refractivity contribution in [2.24, 2.45) is 5.92 Å². The van der Waals surface area contributed by atoms with Crippen LogP contribution in [0.15, 0.2) is 12.4 Å². The molecule has 0 amide bonds. The van der Waals surface area contributed by atoms with E-state index in [9.17, 15) is 0 Å². The van der Waals surface area contributed by atoms with E-state index in [1.165, 1.54) is 36.4 Å². The van der Waals surface area contributed by atoms with Crippen molar-refractivity contribution < 1.29 is 0 Å². The molecule has 1 saturated heterocycles. The molecule has 3 rings (SSSR count). The van der Waals surface area contributed by atoms with Crippen LogP contribution in [0.3, 0.4) is 0 Å². The van der Waals surface area contributed by atoms with E-state index in [4.69, 9.17) is 4.98 Å². The van der Waals surface area contributed by atoms with Crippen LogP contribution in [0.2, 0.25) is 0 Å². The van der Waals surface area contributed by atoms with Crippen LogP contribution in [0.5, 0.6) is 0 Å². The Labute approximate surface area is 123 Å². The van der Waals surface area contributed by atoms with E-state index in [1.54, 1.807) is 0 Å². The Kier molecular flexibility index (Phi) is 4.00. The first-order valence-corrected chi connectivity index (χ1v) is 8.09. The standard InChI is InChI=1S/C14H21N5S/c1-10(2)7-13-17-14(20-18-13)19-6-4-3-5-12(19)11-8-15-16-9-11/h8-10,12H,3-7H2,1-2H3,(H,15,16). The van der Waals surface area contributed by atoms with Gasteiger partial charge in [0.05, 0.1) is 12.2 Å². The number of rotatable bonds is 4. The van der Waals surface area contributed by atoms with Crippen molar-refractivity contribution in [2.75, 3.05) is 11.4 Å². The largest absolute Gasteiger partial charge is 0.340 e. The van der Waals surface area contributed by atoms with Crippen LogP contribution in [0, 0.1) is 5.92 Å². The Hall–Kier alpha value is -1.43. The summed E-state index contributed by atoms with van der Waals surface area (Å²) in [5, 5.41) is 8.07. The van der Waals surface area contributed by atoms with Crippen LogP contribution in [0.4, 0.5) is 5.13 Å². The van der Waals surface area contributed by atoms with E-state index in [-0.39, 0.29) is 0 Å². The first-order chi connectivity index (χ1) is 9.74. The Balaban J connectivity index is 1.81. The van der Waals surface area contributed by atoms with Gasteiger partial charge in [-0.2, -0.15) is 9.47 Å². The summed E-state index contributed by atoms with van der Waals surface area (Å²) in [6.45, 7) is 5.47. The third kappa shape index (κ3) is 2.85. The van der Waals surface area contributed by atoms with Gasteiger partial charge in [-0.25, -0.2) is 4.98 Å². The first-order valence-electron chi connectivity index (χ1n) is 7.32. The van der Waals surface area contributed by atoms with Gasteiger partial charge in [-0.05, 0) is 25.2 Å². The summed E-state index contributed by atoms with van der Waals surface area (Å²) in [4.78, 5) is 7.14. The fourth-order valence-electron chi connectivity index (χ4n) is 2.76. The summed E-state index contributed by atoms with van der Waals surface area (Å²) >= 11 is 1.53. The Morgan fingerprint density at radius 2 is 2.35 bits per heavy atom. The molecule has 5 nitrogen and oxygen atoms in total. The Morgan fingerprint density at radius 1 is 1.45 bits per heavy atom. The second kappa shape index (κ2) is 5.91. The lowest BCUT2D eigenvalue weighted by Gasteiger charge is -2.34. The molecule has 2 aromatic rings. The van der Waals surface area contributed by atoms with Gasteiger partial charge in [0.25, 0.3) is 0 Å². The zero-order valence-corrected chi connectivity index (χ0v) is 12.9. The van der Waals surface area contributed by atoms with Gasteiger partial charge in [-0.3, -0.25) is 5.10 Å². The second-order valence-electron chi connectivity index (χ2n) is 5.83. The normalized spacial score (nSPS) is 19.8. The molecule has 0 radical (unpaired) electrons. The van der Waals surface area contributed by atoms with E-state index in [0.29, 0.717) is 12.0 Å². The second-order valence-corrected chi connectivity index (χ2v) is 6.56. The molecule has 0 spiro atoms. The molecule has 0 saturated carbocycles. The van der Waals surface area contributed by atoms with E-state index < -0.39 is 0 Å². The van der Waals surface area contributed by atoms with Crippen LogP contribution < -0.4 is 4.90 Å². The van der Waals surface area contributed by atoms with Crippen molar-refractivity contribution in [1.82, 2.24) is 19.6 Å². The molecule has 1 N–H and O–H groups in total. The highest BCUT2D eigenvalue weighted by molar-refractivity contribution is 7.09. The molecule has 0 bridgehead atoms. The third-order valence-corrected chi connectivity index (χ3v) is 4.49. The van der Waals surface area contributed by atoms with Crippen LogP contribution in [0.1, 0.15) is 50.5 Å². The van der Waals surface area contributed by atoms with Gasteiger partial charge in [0.1, 0.15) is 5.82 Å². The number of nitrogens with one attached hydrogen (secondary N) is 1. The van der Waals surface area contributed by atoms with E-state index in [1.807, 2.05) is 12.4 Å². The Bertz CT molecular complexity index is 534. The maximum absolute atomic E-state index is 4.74. The lowest BCUT2D eigenvalue weighted by molar-refractivity contribution is 0.472. The maximum Gasteiger partial charge on any atom is 0.205 e. The molecular weight excluding hydrogens is 270 g/mol. The molecule has 1 aliphatic heterocycles. The molecule has 2 aromatic heterocycles. The van der Waals surface area contributed by atoms with Crippen LogP contribution >= 0.6 is 11.5 Å². The topological polar surface area (TPSA) is 57.7 Å². The molecule has 0 aromatic carbocycles. The van der Waals surface area contributed by atoms with Gasteiger partial charge in [0.2, 0.25) is 5.13 Å². The van der Waals surface area contributed by atoms with E-state index in [2.05, 4.69) is 33.3 Å². The highest BCUT2D eigenvalue weighted by atomic mass is 32.1. The number of hydrogen-bond donors (Lipinski definition) is 1. The molecule has 1 unspecified atom stereocenters. The van der Waals surface area contributed by atoms with E-state index >= 15 is 0 Å². The van der Waals surface area contributed by atoms with Crippen molar-refractivity contribution in [1.29, 1.82) is 0 Å². The smallest absolute Gasteiger partial charge is 0.205 e. The number of piperidine rings is 1. The number of aromatic nitrogens is 4. The van der Waals surface area contributed by atoms with Crippen LogP contribution in [-0.2, 0) is 6.42 Å². The molecule has 108 valence electrons. The molecular formula is C14H21N5S. The highest BCUT2D eigenvalue weighted by Crippen LogP contribution is 2.35. The van der Waals surface area contributed by atoms with Gasteiger partial charge in [0, 0.05) is 36.3 Å². The van der Waals surface area contributed by atoms with Crippen molar-refractivity contribution in [3.8, 4) is 0 Å². The minimum atomic E-state index is 0.391. The summed E-state index contributed by atoms with van der Waals surface area (Å²) in [7, 11) is 0. The van der Waals surface area contributed by atoms with Crippen molar-refractivity contribution in [3.05, 3.63) is 23.8 Å². The molecule has 1 fully saturated rings. The summed E-state index contributed by atoms with van der Waals surface area (Å²) in [5.41, 5.74) is 1.25. The average Bonchev–Trinajstić information content (AvgIpc) is 3.09. The summed E-state index contributed by atoms with van der Waals surface area (Å²) < 4.78 is 4.51. The van der Waals surface area contributed by atoms with E-state index in [0.717, 1.165) is 23.9 Å². The molecule has 3 heterocycles. The minimum Gasteiger partial charge on any atom is -0.340 e. The van der Waals surface area contributed by atoms with Gasteiger partial charge in [0.15, 0.2) is 0 Å². The quantitative estimate of drug-likeness (QED) is 0.940. The average molecular weight is 291 g/mol. The van der Waals surface area contributed by atoms with Crippen molar-refractivity contribution in [3.63, 3.8) is 0 Å². The number of hydrogen-bond acceptors (Lipinski definition) is 5. The van der Waals surface area contributed by atoms with Gasteiger partial charge in [-0.15, -0.1) is 0 Å². The Morgan fingerprint density at radius 3 is 3.10 bits per heavy atom. The molecule has 1 atom stereocenters. The van der Waals surface area contributed by atoms with Crippen molar-refractivity contribution in [2.45, 2.75) is 45.6 Å². The van der Waals surface area contributed by atoms with Crippen LogP contribution in [0.25, 0.3) is 0 Å². The highest BCUT2D eigenvalue weighted by Gasteiger charge is 2.27. The van der Waals surface area contributed by atoms with Crippen LogP contribution in [-0.4, -0.2) is 26.1 Å². The molecule has 0 aliphatic carbocycles. The first kappa shape index (κ1) is 13.5. The molecule has 20 heavy (non-hydrogen) atoms. The van der Waals surface area contributed by atoms with Gasteiger partial charge < -0.3 is 4.90 Å². The molecule has 1 aliphatic rings. The fourth-order valence-corrected chi connectivity index (χ4v) is 3.53. The lowest BCUT2D eigenvalue weighted by atomic mass is 9.98. The molecule has 6 heteroatoms. The fraction of sp³-hybridized carbons (Fsp3) is 0.643. The van der Waals surface area contributed by atoms with Gasteiger partial charge in [-0.1, -0.05) is 13.8 Å². The van der Waals surface area contributed by atoms with Gasteiger partial charge >= 0.3 is 0 Å². The minimum absolute atomic E-state index is 0.391. The predicted octanol–water partition coefficient (Wildman–Crippen LogP) is 3.19. The summed E-state index contributed by atoms with van der Waals surface area (Å²) in [6.07, 6.45) is 8.55. The zero-order chi connectivity index (χ0) is 13.9. The zero-order valence-electron chi connectivity index (χ0n) is 12.0. The predicted molar refractivity (Wildman–Crippen MR) is 81.0 cm³/mol. The summed E-state index contributed by atoms with van der Waals surface area (Å²) in [5.74, 6) is 1.58. The monoisotopic (exact) mass is 291 g/mol. The lowest BCUT2D eigenvalue weighted by Crippen LogP contribution is -2.33. The van der Waals surface area contributed by atoms with Crippen molar-refractivity contribution >= 4 is 16.7 Å². The number of anilines is 1. The number of aromatic amines is 1. The summed E-state index contributed by atoms with van der Waals surface area (Å²) in [6, 6.07) is 0.391. The maximum atomic E-state index is 4.74.